The van der Waals surface area contributed by atoms with E-state index >= 15 is 18.4 Å². The van der Waals surface area contributed by atoms with Crippen LogP contribution in [-0.2, 0) is 43.8 Å². The Hall–Kier alpha value is -5.18. The van der Waals surface area contributed by atoms with Crippen molar-refractivity contribution in [3.8, 4) is 0 Å². The molecule has 1 saturated carbocycles. The molecular weight excluding hydrogens is 622 g/mol. The lowest BCUT2D eigenvalue weighted by atomic mass is 9.66. The molecule has 0 bridgehead atoms. The van der Waals surface area contributed by atoms with Gasteiger partial charge in [-0.1, -0.05) is 90.5 Å². The molecule has 3 aliphatic rings. The Morgan fingerprint density at radius 3 is 1.78 bits per heavy atom. The number of nitrogens with zero attached hydrogens (tertiary/aromatic N) is 2. The van der Waals surface area contributed by atoms with Crippen LogP contribution in [0.4, 0.5) is 20.2 Å². The van der Waals surface area contributed by atoms with Crippen LogP contribution < -0.4 is 9.80 Å². The maximum atomic E-state index is 15.4. The van der Waals surface area contributed by atoms with Crippen molar-refractivity contribution in [3.05, 3.63) is 166 Å². The van der Waals surface area contributed by atoms with Crippen molar-refractivity contribution < 1.29 is 28.2 Å². The zero-order chi connectivity index (χ0) is 34.1. The molecule has 2 heterocycles. The van der Waals surface area contributed by atoms with Crippen molar-refractivity contribution in [1.29, 1.82) is 0 Å². The van der Waals surface area contributed by atoms with Crippen LogP contribution in [0, 0.1) is 18.6 Å². The summed E-state index contributed by atoms with van der Waals surface area (Å²) in [7, 11) is 1.39. The average Bonchev–Trinajstić information content (AvgIpc) is 3.59. The molecule has 4 unspecified atom stereocenters. The van der Waals surface area contributed by atoms with Crippen LogP contribution in [0.5, 0.6) is 0 Å². The Labute approximate surface area is 283 Å². The maximum absolute atomic E-state index is 15.4. The van der Waals surface area contributed by atoms with Crippen molar-refractivity contribution in [2.45, 2.75) is 49.0 Å². The van der Waals surface area contributed by atoms with Crippen LogP contribution in [0.1, 0.15) is 39.8 Å². The topological polar surface area (TPSA) is 70.1 Å². The molecule has 5 aromatic rings. The second-order valence-corrected chi connectivity index (χ2v) is 13.4. The highest BCUT2D eigenvalue weighted by Gasteiger charge is 2.80. The summed E-state index contributed by atoms with van der Waals surface area (Å²) in [5.74, 6) is -2.09. The minimum absolute atomic E-state index is 0.147. The van der Waals surface area contributed by atoms with E-state index in [0.29, 0.717) is 22.5 Å². The molecule has 0 saturated heterocycles. The van der Waals surface area contributed by atoms with Crippen molar-refractivity contribution in [1.82, 2.24) is 0 Å². The van der Waals surface area contributed by atoms with Crippen molar-refractivity contribution in [2.24, 2.45) is 0 Å². The van der Waals surface area contributed by atoms with Crippen molar-refractivity contribution >= 4 is 23.2 Å². The first-order valence-corrected chi connectivity index (χ1v) is 16.3. The second-order valence-electron chi connectivity index (χ2n) is 13.4. The number of carbonyl (C=O) groups excluding carboxylic acids is 2. The quantitative estimate of drug-likeness (QED) is 0.217. The van der Waals surface area contributed by atoms with Crippen LogP contribution in [0.2, 0.25) is 0 Å². The van der Waals surface area contributed by atoms with E-state index < -0.39 is 46.0 Å². The molecule has 0 aromatic heterocycles. The summed E-state index contributed by atoms with van der Waals surface area (Å²) in [4.78, 5) is 33.8. The third-order valence-corrected chi connectivity index (χ3v) is 10.8. The Balaban J connectivity index is 1.41. The number of rotatable bonds is 6. The summed E-state index contributed by atoms with van der Waals surface area (Å²) in [6.45, 7) is 2.22. The number of amides is 2. The Morgan fingerprint density at radius 2 is 1.22 bits per heavy atom. The molecular formula is C41H34F2N2O4. The van der Waals surface area contributed by atoms with E-state index in [9.17, 15) is 5.11 Å². The molecule has 4 atom stereocenters. The van der Waals surface area contributed by atoms with Gasteiger partial charge in [-0.3, -0.25) is 9.59 Å². The standard InChI is InChI=1S/C41H34F2N2O4/c1-26-13-15-29(16-14-26)41(48)36(49-2)39(32-21-30(42)17-19-34(32)44(37(39)46)23-27-9-5-3-6-10-27)25-40(41)33-22-31(43)18-20-35(33)45(38(40)47)24-28-11-7-4-8-12-28/h3-22,36,48H,23-25H2,1-2H3. The molecule has 5 aromatic carbocycles. The minimum Gasteiger partial charge on any atom is -0.381 e. The molecule has 8 heteroatoms. The monoisotopic (exact) mass is 656 g/mol. The molecule has 6 nitrogen and oxygen atoms in total. The molecule has 1 N–H and O–H groups in total. The number of hydrogen-bond acceptors (Lipinski definition) is 4. The van der Waals surface area contributed by atoms with Gasteiger partial charge in [0.25, 0.3) is 0 Å². The first-order valence-electron chi connectivity index (χ1n) is 16.3. The number of hydrogen-bond donors (Lipinski definition) is 1. The predicted octanol–water partition coefficient (Wildman–Crippen LogP) is 6.85. The Morgan fingerprint density at radius 1 is 0.714 bits per heavy atom. The van der Waals surface area contributed by atoms with E-state index in [2.05, 4.69) is 0 Å². The fraction of sp³-hybridized carbons (Fsp3) is 0.220. The largest absolute Gasteiger partial charge is 0.381 e. The van der Waals surface area contributed by atoms with Crippen molar-refractivity contribution in [2.75, 3.05) is 16.9 Å². The highest BCUT2D eigenvalue weighted by Crippen LogP contribution is 2.69. The zero-order valence-corrected chi connectivity index (χ0v) is 27.1. The lowest BCUT2D eigenvalue weighted by Crippen LogP contribution is -2.58. The van der Waals surface area contributed by atoms with Crippen LogP contribution in [0.3, 0.4) is 0 Å². The minimum atomic E-state index is -2.21. The van der Waals surface area contributed by atoms with Gasteiger partial charge >= 0.3 is 0 Å². The van der Waals surface area contributed by atoms with Gasteiger partial charge in [0.05, 0.1) is 13.1 Å². The van der Waals surface area contributed by atoms with Crippen LogP contribution in [0.25, 0.3) is 0 Å². The molecule has 2 amide bonds. The molecule has 1 fully saturated rings. The predicted molar refractivity (Wildman–Crippen MR) is 182 cm³/mol. The van der Waals surface area contributed by atoms with Gasteiger partial charge in [0.15, 0.2) is 0 Å². The van der Waals surface area contributed by atoms with Gasteiger partial charge in [-0.2, -0.15) is 0 Å². The number of aliphatic hydroxyl groups is 1. The summed E-state index contributed by atoms with van der Waals surface area (Å²) in [5, 5.41) is 13.6. The van der Waals surface area contributed by atoms with Gasteiger partial charge < -0.3 is 19.6 Å². The SMILES string of the molecule is COC1C2(CC3(C(=O)N(Cc4ccccc4)c4ccc(F)cc43)C1(O)c1ccc(C)cc1)C(=O)N(Cc1ccccc1)c1ccc(F)cc12. The van der Waals surface area contributed by atoms with Gasteiger partial charge in [-0.15, -0.1) is 0 Å². The number of aryl methyl sites for hydroxylation is 1. The van der Waals surface area contributed by atoms with Gasteiger partial charge in [0.1, 0.15) is 34.2 Å². The van der Waals surface area contributed by atoms with Crippen molar-refractivity contribution in [3.63, 3.8) is 0 Å². The Kier molecular flexibility index (Phi) is 7.10. The number of ether oxygens (including phenoxy) is 1. The summed E-state index contributed by atoms with van der Waals surface area (Å²) >= 11 is 0. The number of fused-ring (bicyclic) bond motifs is 4. The highest BCUT2D eigenvalue weighted by atomic mass is 19.1. The van der Waals surface area contributed by atoms with E-state index in [4.69, 9.17) is 4.74 Å². The number of halogens is 2. The first-order chi connectivity index (χ1) is 23.6. The third kappa shape index (κ3) is 4.23. The number of anilines is 2. The number of benzene rings is 5. The normalized spacial score (nSPS) is 25.4. The van der Waals surface area contributed by atoms with E-state index in [1.807, 2.05) is 79.7 Å². The fourth-order valence-electron chi connectivity index (χ4n) is 8.72. The molecule has 2 aliphatic heterocycles. The van der Waals surface area contributed by atoms with Gasteiger partial charge in [-0.05, 0) is 77.6 Å². The zero-order valence-electron chi connectivity index (χ0n) is 27.1. The van der Waals surface area contributed by atoms with Gasteiger partial charge in [0.2, 0.25) is 11.8 Å². The number of carbonyl (C=O) groups is 2. The fourth-order valence-corrected chi connectivity index (χ4v) is 8.72. The molecule has 1 aliphatic carbocycles. The second kappa shape index (κ2) is 11.2. The van der Waals surface area contributed by atoms with Gasteiger partial charge in [0, 0.05) is 18.5 Å². The van der Waals surface area contributed by atoms with E-state index in [0.717, 1.165) is 16.7 Å². The van der Waals surface area contributed by atoms with E-state index in [1.54, 1.807) is 34.1 Å². The smallest absolute Gasteiger partial charge is 0.241 e. The van der Waals surface area contributed by atoms with E-state index in [1.165, 1.54) is 31.4 Å². The summed E-state index contributed by atoms with van der Waals surface area (Å²) < 4.78 is 37.1. The molecule has 8 rings (SSSR count). The van der Waals surface area contributed by atoms with Crippen LogP contribution in [0.15, 0.2) is 121 Å². The van der Waals surface area contributed by atoms with Gasteiger partial charge in [-0.25, -0.2) is 8.78 Å². The summed E-state index contributed by atoms with van der Waals surface area (Å²) in [6.07, 6.45) is -1.67. The summed E-state index contributed by atoms with van der Waals surface area (Å²) in [6, 6.07) is 34.2. The molecule has 2 spiro atoms. The molecule has 49 heavy (non-hydrogen) atoms. The maximum Gasteiger partial charge on any atom is 0.241 e. The summed E-state index contributed by atoms with van der Waals surface area (Å²) in [5.41, 5.74) is -1.46. The molecule has 246 valence electrons. The van der Waals surface area contributed by atoms with E-state index in [-0.39, 0.29) is 25.1 Å². The first kappa shape index (κ1) is 31.1. The highest BCUT2D eigenvalue weighted by molar-refractivity contribution is 6.14. The molecule has 0 radical (unpaired) electrons. The lowest BCUT2D eigenvalue weighted by molar-refractivity contribution is -0.153. The lowest BCUT2D eigenvalue weighted by Gasteiger charge is -2.42. The third-order valence-electron chi connectivity index (χ3n) is 10.8. The Bertz CT molecular complexity index is 2110. The van der Waals surface area contributed by atoms with Crippen LogP contribution in [-0.4, -0.2) is 30.1 Å². The number of methoxy groups -OCH3 is 1. The van der Waals surface area contributed by atoms with Crippen LogP contribution >= 0.6 is 0 Å². The average molecular weight is 657 g/mol.